The standard InChI is InChI=1S/C17H22ClN3/c18-15-5-3-14(4-6-15)7-11-21-12-8-16(13-17(21)19)20-9-1-2-10-20/h1-6,9-10,16-17H,7-8,11-13,19H2. The maximum Gasteiger partial charge on any atom is 0.0591 e. The summed E-state index contributed by atoms with van der Waals surface area (Å²) in [7, 11) is 0. The van der Waals surface area contributed by atoms with Crippen LogP contribution in [0.5, 0.6) is 0 Å². The molecule has 2 N–H and O–H groups in total. The highest BCUT2D eigenvalue weighted by Gasteiger charge is 2.25. The molecule has 1 fully saturated rings. The van der Waals surface area contributed by atoms with Gasteiger partial charge in [0.15, 0.2) is 0 Å². The lowest BCUT2D eigenvalue weighted by molar-refractivity contribution is 0.120. The van der Waals surface area contributed by atoms with Gasteiger partial charge in [0.05, 0.1) is 6.17 Å². The number of nitrogens with zero attached hydrogens (tertiary/aromatic N) is 2. The lowest BCUT2D eigenvalue weighted by Crippen LogP contribution is -2.48. The van der Waals surface area contributed by atoms with Crippen molar-refractivity contribution in [3.63, 3.8) is 0 Å². The molecular formula is C17H22ClN3. The van der Waals surface area contributed by atoms with Crippen molar-refractivity contribution >= 4 is 11.6 Å². The van der Waals surface area contributed by atoms with Gasteiger partial charge in [-0.05, 0) is 49.1 Å². The second kappa shape index (κ2) is 6.65. The van der Waals surface area contributed by atoms with E-state index in [1.54, 1.807) is 0 Å². The Morgan fingerprint density at radius 1 is 1.14 bits per heavy atom. The molecule has 2 aromatic rings. The lowest BCUT2D eigenvalue weighted by atomic mass is 10.0. The summed E-state index contributed by atoms with van der Waals surface area (Å²) in [5.74, 6) is 0. The molecule has 3 nitrogen and oxygen atoms in total. The topological polar surface area (TPSA) is 34.2 Å². The van der Waals surface area contributed by atoms with E-state index >= 15 is 0 Å². The van der Waals surface area contributed by atoms with Crippen molar-refractivity contribution < 1.29 is 0 Å². The van der Waals surface area contributed by atoms with Gasteiger partial charge in [-0.3, -0.25) is 4.90 Å². The van der Waals surface area contributed by atoms with Crippen LogP contribution in [0, 0.1) is 0 Å². The van der Waals surface area contributed by atoms with Gasteiger partial charge in [-0.2, -0.15) is 0 Å². The average molecular weight is 304 g/mol. The Hall–Kier alpha value is -1.29. The summed E-state index contributed by atoms with van der Waals surface area (Å²) in [6.45, 7) is 2.08. The van der Waals surface area contributed by atoms with Crippen molar-refractivity contribution in [2.45, 2.75) is 31.5 Å². The Balaban J connectivity index is 1.52. The number of hydrogen-bond acceptors (Lipinski definition) is 2. The van der Waals surface area contributed by atoms with Crippen LogP contribution in [0.4, 0.5) is 0 Å². The van der Waals surface area contributed by atoms with Crippen molar-refractivity contribution in [1.29, 1.82) is 0 Å². The van der Waals surface area contributed by atoms with Crippen LogP contribution >= 0.6 is 11.6 Å². The van der Waals surface area contributed by atoms with Crippen LogP contribution in [0.25, 0.3) is 0 Å². The third-order valence-corrected chi connectivity index (χ3v) is 4.63. The zero-order valence-corrected chi connectivity index (χ0v) is 12.9. The fraction of sp³-hybridized carbons (Fsp3) is 0.412. The van der Waals surface area contributed by atoms with E-state index in [-0.39, 0.29) is 6.17 Å². The Bertz CT molecular complexity index is 550. The first kappa shape index (κ1) is 14.6. The summed E-state index contributed by atoms with van der Waals surface area (Å²) in [6, 6.07) is 12.8. The Morgan fingerprint density at radius 3 is 2.52 bits per heavy atom. The number of nitrogens with two attached hydrogens (primary N) is 1. The fourth-order valence-corrected chi connectivity index (χ4v) is 3.22. The molecule has 2 unspecified atom stereocenters. The molecule has 0 amide bonds. The predicted molar refractivity (Wildman–Crippen MR) is 87.4 cm³/mol. The summed E-state index contributed by atoms with van der Waals surface area (Å²) in [6.07, 6.45) is 7.65. The van der Waals surface area contributed by atoms with Gasteiger partial charge in [-0.15, -0.1) is 0 Å². The van der Waals surface area contributed by atoms with Gasteiger partial charge < -0.3 is 10.3 Å². The molecule has 4 heteroatoms. The molecule has 0 bridgehead atoms. The molecule has 0 saturated carbocycles. The van der Waals surface area contributed by atoms with Gasteiger partial charge in [-0.1, -0.05) is 23.7 Å². The van der Waals surface area contributed by atoms with Crippen LogP contribution in [-0.4, -0.2) is 28.7 Å². The molecule has 0 spiro atoms. The molecule has 112 valence electrons. The van der Waals surface area contributed by atoms with E-state index < -0.39 is 0 Å². The van der Waals surface area contributed by atoms with Gasteiger partial charge in [0.1, 0.15) is 0 Å². The number of halogens is 1. The molecule has 2 atom stereocenters. The van der Waals surface area contributed by atoms with E-state index in [0.29, 0.717) is 6.04 Å². The molecule has 1 saturated heterocycles. The molecule has 1 aromatic carbocycles. The highest BCUT2D eigenvalue weighted by molar-refractivity contribution is 6.30. The number of benzene rings is 1. The smallest absolute Gasteiger partial charge is 0.0591 e. The Labute approximate surface area is 131 Å². The molecule has 1 aliphatic heterocycles. The molecule has 21 heavy (non-hydrogen) atoms. The number of aromatic nitrogens is 1. The van der Waals surface area contributed by atoms with Crippen LogP contribution in [0.1, 0.15) is 24.4 Å². The third-order valence-electron chi connectivity index (χ3n) is 4.38. The first-order valence-corrected chi connectivity index (χ1v) is 7.97. The monoisotopic (exact) mass is 303 g/mol. The summed E-state index contributed by atoms with van der Waals surface area (Å²) in [5.41, 5.74) is 7.67. The highest BCUT2D eigenvalue weighted by atomic mass is 35.5. The van der Waals surface area contributed by atoms with Crippen molar-refractivity contribution in [1.82, 2.24) is 9.47 Å². The van der Waals surface area contributed by atoms with E-state index in [2.05, 4.69) is 46.1 Å². The van der Waals surface area contributed by atoms with Crippen LogP contribution in [-0.2, 0) is 6.42 Å². The molecule has 0 aliphatic carbocycles. The first-order chi connectivity index (χ1) is 10.2. The zero-order valence-electron chi connectivity index (χ0n) is 12.2. The van der Waals surface area contributed by atoms with E-state index in [0.717, 1.165) is 31.0 Å². The predicted octanol–water partition coefficient (Wildman–Crippen LogP) is 3.31. The van der Waals surface area contributed by atoms with Gasteiger partial charge in [-0.25, -0.2) is 0 Å². The molecule has 3 rings (SSSR count). The molecule has 1 aliphatic rings. The minimum Gasteiger partial charge on any atom is -0.351 e. The average Bonchev–Trinajstić information content (AvgIpc) is 3.02. The number of hydrogen-bond donors (Lipinski definition) is 1. The summed E-state index contributed by atoms with van der Waals surface area (Å²) in [4.78, 5) is 2.40. The third kappa shape index (κ3) is 3.67. The summed E-state index contributed by atoms with van der Waals surface area (Å²) >= 11 is 5.92. The number of rotatable bonds is 4. The quantitative estimate of drug-likeness (QED) is 0.940. The van der Waals surface area contributed by atoms with E-state index in [4.69, 9.17) is 17.3 Å². The van der Waals surface area contributed by atoms with Gasteiger partial charge in [0.2, 0.25) is 0 Å². The minimum atomic E-state index is 0.151. The van der Waals surface area contributed by atoms with Gasteiger partial charge in [0, 0.05) is 36.5 Å². The molecule has 1 aromatic heterocycles. The fourth-order valence-electron chi connectivity index (χ4n) is 3.09. The van der Waals surface area contributed by atoms with Crippen molar-refractivity contribution in [3.05, 3.63) is 59.4 Å². The van der Waals surface area contributed by atoms with Crippen molar-refractivity contribution in [2.75, 3.05) is 13.1 Å². The van der Waals surface area contributed by atoms with Gasteiger partial charge >= 0.3 is 0 Å². The minimum absolute atomic E-state index is 0.151. The van der Waals surface area contributed by atoms with Crippen LogP contribution < -0.4 is 5.73 Å². The van der Waals surface area contributed by atoms with Crippen molar-refractivity contribution in [3.8, 4) is 0 Å². The molecular weight excluding hydrogens is 282 g/mol. The zero-order chi connectivity index (χ0) is 14.7. The molecule has 2 heterocycles. The largest absolute Gasteiger partial charge is 0.351 e. The van der Waals surface area contributed by atoms with Gasteiger partial charge in [0.25, 0.3) is 0 Å². The van der Waals surface area contributed by atoms with E-state index in [1.807, 2.05) is 12.1 Å². The van der Waals surface area contributed by atoms with E-state index in [1.165, 1.54) is 12.0 Å². The second-order valence-corrected chi connectivity index (χ2v) is 6.22. The maximum atomic E-state index is 6.36. The summed E-state index contributed by atoms with van der Waals surface area (Å²) < 4.78 is 2.29. The van der Waals surface area contributed by atoms with E-state index in [9.17, 15) is 0 Å². The van der Waals surface area contributed by atoms with Crippen LogP contribution in [0.2, 0.25) is 5.02 Å². The van der Waals surface area contributed by atoms with Crippen LogP contribution in [0.15, 0.2) is 48.8 Å². The lowest BCUT2D eigenvalue weighted by Gasteiger charge is -2.38. The van der Waals surface area contributed by atoms with Crippen LogP contribution in [0.3, 0.4) is 0 Å². The summed E-state index contributed by atoms with van der Waals surface area (Å²) in [5, 5.41) is 0.794. The maximum absolute atomic E-state index is 6.36. The Morgan fingerprint density at radius 2 is 1.86 bits per heavy atom. The SMILES string of the molecule is NC1CC(n2cccc2)CCN1CCc1ccc(Cl)cc1. The highest BCUT2D eigenvalue weighted by Crippen LogP contribution is 2.25. The number of piperidine rings is 1. The second-order valence-electron chi connectivity index (χ2n) is 5.79. The molecule has 0 radical (unpaired) electrons. The first-order valence-electron chi connectivity index (χ1n) is 7.59. The number of likely N-dealkylation sites (tertiary alicyclic amines) is 1. The Kier molecular flexibility index (Phi) is 4.63. The normalized spacial score (nSPS) is 23.3. The van der Waals surface area contributed by atoms with Crippen molar-refractivity contribution in [2.24, 2.45) is 5.73 Å².